The molecule has 2 aliphatic heterocycles. The molecule has 0 radical (unpaired) electrons. The molecule has 88 valence electrons. The van der Waals surface area contributed by atoms with E-state index < -0.39 is 0 Å². The van der Waals surface area contributed by atoms with Crippen LogP contribution in [0.1, 0.15) is 23.5 Å². The second-order valence-corrected chi connectivity index (χ2v) is 4.54. The minimum absolute atomic E-state index is 0.00593. The Bertz CT molecular complexity index is 483. The Morgan fingerprint density at radius 1 is 1.18 bits per heavy atom. The van der Waals surface area contributed by atoms with Crippen LogP contribution < -0.4 is 5.32 Å². The largest absolute Gasteiger partial charge is 0.376 e. The molecule has 1 N–H and O–H groups in total. The second-order valence-electron chi connectivity index (χ2n) is 4.54. The number of hydrogen-bond donors (Lipinski definition) is 1. The predicted octanol–water partition coefficient (Wildman–Crippen LogP) is 0.963. The van der Waals surface area contributed by atoms with Crippen LogP contribution in [0.15, 0.2) is 24.3 Å². The molecule has 1 saturated heterocycles. The average molecular weight is 231 g/mol. The van der Waals surface area contributed by atoms with Crippen molar-refractivity contribution in [3.8, 4) is 0 Å². The van der Waals surface area contributed by atoms with Gasteiger partial charge in [0, 0.05) is 12.3 Å². The average Bonchev–Trinajstić information content (AvgIpc) is 2.68. The van der Waals surface area contributed by atoms with Gasteiger partial charge in [-0.3, -0.25) is 14.9 Å². The molecule has 0 saturated carbocycles. The van der Waals surface area contributed by atoms with E-state index in [1.165, 1.54) is 0 Å². The Kier molecular flexibility index (Phi) is 2.44. The van der Waals surface area contributed by atoms with Gasteiger partial charge < -0.3 is 4.74 Å². The van der Waals surface area contributed by atoms with Crippen molar-refractivity contribution in [3.05, 3.63) is 35.4 Å². The molecule has 1 fully saturated rings. The van der Waals surface area contributed by atoms with Crippen LogP contribution in [-0.4, -0.2) is 18.4 Å². The molecule has 2 amide bonds. The van der Waals surface area contributed by atoms with E-state index in [-0.39, 0.29) is 30.1 Å². The van der Waals surface area contributed by atoms with Crippen LogP contribution >= 0.6 is 0 Å². The zero-order valence-corrected chi connectivity index (χ0v) is 9.31. The van der Waals surface area contributed by atoms with Gasteiger partial charge in [0.2, 0.25) is 11.8 Å². The number of amides is 2. The van der Waals surface area contributed by atoms with E-state index in [1.54, 1.807) is 0 Å². The van der Waals surface area contributed by atoms with E-state index in [0.717, 1.165) is 11.1 Å². The molecular weight excluding hydrogens is 218 g/mol. The summed E-state index contributed by atoms with van der Waals surface area (Å²) in [6.07, 6.45) is 0.279. The summed E-state index contributed by atoms with van der Waals surface area (Å²) in [5.41, 5.74) is 2.27. The Labute approximate surface area is 99.0 Å². The quantitative estimate of drug-likeness (QED) is 0.732. The fourth-order valence-electron chi connectivity index (χ4n) is 2.64. The van der Waals surface area contributed by atoms with Gasteiger partial charge in [0.15, 0.2) is 0 Å². The Balaban J connectivity index is 1.95. The smallest absolute Gasteiger partial charge is 0.230 e. The molecule has 0 aromatic heterocycles. The summed E-state index contributed by atoms with van der Waals surface area (Å²) >= 11 is 0. The van der Waals surface area contributed by atoms with Crippen molar-refractivity contribution in [1.82, 2.24) is 5.32 Å². The highest BCUT2D eigenvalue weighted by Gasteiger charge is 2.39. The maximum atomic E-state index is 11.7. The molecule has 1 aromatic rings. The SMILES string of the molecule is O=C1CC(C2COCc3ccccc32)C(=O)N1. The summed E-state index contributed by atoms with van der Waals surface area (Å²) in [6, 6.07) is 7.96. The Hall–Kier alpha value is -1.68. The van der Waals surface area contributed by atoms with Crippen LogP contribution in [0, 0.1) is 5.92 Å². The highest BCUT2D eigenvalue weighted by Crippen LogP contribution is 2.35. The summed E-state index contributed by atoms with van der Waals surface area (Å²) in [4.78, 5) is 23.0. The van der Waals surface area contributed by atoms with Gasteiger partial charge in [-0.1, -0.05) is 24.3 Å². The molecule has 4 heteroatoms. The molecule has 1 aromatic carbocycles. The summed E-state index contributed by atoms with van der Waals surface area (Å²) in [5.74, 6) is -0.612. The highest BCUT2D eigenvalue weighted by molar-refractivity contribution is 6.03. The van der Waals surface area contributed by atoms with Gasteiger partial charge in [-0.25, -0.2) is 0 Å². The lowest BCUT2D eigenvalue weighted by Gasteiger charge is -2.28. The maximum absolute atomic E-state index is 11.7. The first kappa shape index (κ1) is 10.5. The number of fused-ring (bicyclic) bond motifs is 1. The first-order chi connectivity index (χ1) is 8.25. The summed E-state index contributed by atoms with van der Waals surface area (Å²) in [7, 11) is 0. The highest BCUT2D eigenvalue weighted by atomic mass is 16.5. The lowest BCUT2D eigenvalue weighted by atomic mass is 9.82. The van der Waals surface area contributed by atoms with Gasteiger partial charge >= 0.3 is 0 Å². The summed E-state index contributed by atoms with van der Waals surface area (Å²) in [5, 5.41) is 2.36. The van der Waals surface area contributed by atoms with E-state index in [9.17, 15) is 9.59 Å². The van der Waals surface area contributed by atoms with E-state index in [2.05, 4.69) is 5.32 Å². The van der Waals surface area contributed by atoms with Gasteiger partial charge in [0.25, 0.3) is 0 Å². The van der Waals surface area contributed by atoms with Crippen molar-refractivity contribution in [2.24, 2.45) is 5.92 Å². The Morgan fingerprint density at radius 2 is 2.00 bits per heavy atom. The third kappa shape index (κ3) is 1.74. The molecule has 2 heterocycles. The van der Waals surface area contributed by atoms with Crippen LogP contribution in [0.5, 0.6) is 0 Å². The lowest BCUT2D eigenvalue weighted by molar-refractivity contribution is -0.126. The summed E-state index contributed by atoms with van der Waals surface area (Å²) in [6.45, 7) is 1.11. The maximum Gasteiger partial charge on any atom is 0.230 e. The van der Waals surface area contributed by atoms with Crippen LogP contribution in [0.2, 0.25) is 0 Å². The number of rotatable bonds is 1. The van der Waals surface area contributed by atoms with Crippen LogP contribution in [0.3, 0.4) is 0 Å². The van der Waals surface area contributed by atoms with Gasteiger partial charge in [0.05, 0.1) is 19.1 Å². The van der Waals surface area contributed by atoms with E-state index in [0.29, 0.717) is 13.2 Å². The van der Waals surface area contributed by atoms with Gasteiger partial charge in [0.1, 0.15) is 0 Å². The Morgan fingerprint density at radius 3 is 2.76 bits per heavy atom. The number of nitrogens with one attached hydrogen (secondary N) is 1. The first-order valence-electron chi connectivity index (χ1n) is 5.75. The normalized spacial score (nSPS) is 27.8. The van der Waals surface area contributed by atoms with Crippen molar-refractivity contribution in [1.29, 1.82) is 0 Å². The van der Waals surface area contributed by atoms with Crippen molar-refractivity contribution in [3.63, 3.8) is 0 Å². The molecule has 4 nitrogen and oxygen atoms in total. The van der Waals surface area contributed by atoms with Crippen LogP contribution in [0.25, 0.3) is 0 Å². The predicted molar refractivity (Wildman–Crippen MR) is 60.1 cm³/mol. The van der Waals surface area contributed by atoms with Crippen LogP contribution in [-0.2, 0) is 20.9 Å². The van der Waals surface area contributed by atoms with Crippen molar-refractivity contribution in [2.75, 3.05) is 6.61 Å². The molecule has 0 aliphatic carbocycles. The lowest BCUT2D eigenvalue weighted by Crippen LogP contribution is -2.29. The number of ether oxygens (including phenoxy) is 1. The standard InChI is InChI=1S/C13H13NO3/c15-12-5-10(13(16)14-12)11-7-17-6-8-3-1-2-4-9(8)11/h1-4,10-11H,5-7H2,(H,14,15,16). The molecule has 2 atom stereocenters. The van der Waals surface area contributed by atoms with Gasteiger partial charge in [-0.2, -0.15) is 0 Å². The minimum Gasteiger partial charge on any atom is -0.376 e. The zero-order valence-electron chi connectivity index (χ0n) is 9.31. The van der Waals surface area contributed by atoms with Crippen LogP contribution in [0.4, 0.5) is 0 Å². The number of hydrogen-bond acceptors (Lipinski definition) is 3. The van der Waals surface area contributed by atoms with Crippen molar-refractivity contribution in [2.45, 2.75) is 18.9 Å². The fourth-order valence-corrected chi connectivity index (χ4v) is 2.64. The molecule has 0 spiro atoms. The van der Waals surface area contributed by atoms with Crippen molar-refractivity contribution < 1.29 is 14.3 Å². The number of carbonyl (C=O) groups is 2. The summed E-state index contributed by atoms with van der Waals surface area (Å²) < 4.78 is 5.51. The number of carbonyl (C=O) groups excluding carboxylic acids is 2. The topological polar surface area (TPSA) is 55.4 Å². The minimum atomic E-state index is -0.274. The van der Waals surface area contributed by atoms with E-state index in [1.807, 2.05) is 24.3 Å². The molecule has 3 rings (SSSR count). The first-order valence-corrected chi connectivity index (χ1v) is 5.75. The van der Waals surface area contributed by atoms with Crippen molar-refractivity contribution >= 4 is 11.8 Å². The molecule has 2 aliphatic rings. The molecule has 17 heavy (non-hydrogen) atoms. The van der Waals surface area contributed by atoms with Gasteiger partial charge in [-0.15, -0.1) is 0 Å². The fraction of sp³-hybridized carbons (Fsp3) is 0.385. The molecular formula is C13H13NO3. The third-order valence-corrected chi connectivity index (χ3v) is 3.50. The molecule has 2 unspecified atom stereocenters. The second kappa shape index (κ2) is 3.96. The van der Waals surface area contributed by atoms with Gasteiger partial charge in [-0.05, 0) is 11.1 Å². The molecule has 0 bridgehead atoms. The monoisotopic (exact) mass is 231 g/mol. The van der Waals surface area contributed by atoms with E-state index >= 15 is 0 Å². The zero-order chi connectivity index (χ0) is 11.8. The number of benzene rings is 1. The number of imide groups is 1. The third-order valence-electron chi connectivity index (χ3n) is 3.50. The van der Waals surface area contributed by atoms with E-state index in [4.69, 9.17) is 4.74 Å².